The molecule has 3 rings (SSSR count). The lowest BCUT2D eigenvalue weighted by Crippen LogP contribution is -2.53. The standard InChI is InChI=1S/C19H26F3N3O2/c20-19(21,22)15-9-14(13-23)10-16(11-15)24-17(26)12-18(3-1-2-4-18)25-5-7-27-8-6-25/h9-11H,1-8,12-13,23H2,(H,24,26). The maximum atomic E-state index is 13.1. The molecule has 0 aromatic heterocycles. The van der Waals surface area contributed by atoms with E-state index in [1.165, 1.54) is 6.07 Å². The number of ether oxygens (including phenoxy) is 1. The summed E-state index contributed by atoms with van der Waals surface area (Å²) in [6.45, 7) is 2.85. The molecular weight excluding hydrogens is 359 g/mol. The van der Waals surface area contributed by atoms with Gasteiger partial charge < -0.3 is 15.8 Å². The lowest BCUT2D eigenvalue weighted by molar-refractivity contribution is -0.137. The highest BCUT2D eigenvalue weighted by molar-refractivity contribution is 5.91. The second kappa shape index (κ2) is 8.16. The summed E-state index contributed by atoms with van der Waals surface area (Å²) in [6, 6.07) is 3.48. The highest BCUT2D eigenvalue weighted by atomic mass is 19.4. The van der Waals surface area contributed by atoms with Crippen molar-refractivity contribution in [3.63, 3.8) is 0 Å². The van der Waals surface area contributed by atoms with Gasteiger partial charge in [0.15, 0.2) is 0 Å². The number of hydrogen-bond donors (Lipinski definition) is 2. The predicted octanol–water partition coefficient (Wildman–Crippen LogP) is 3.14. The van der Waals surface area contributed by atoms with Crippen molar-refractivity contribution in [2.75, 3.05) is 31.6 Å². The average Bonchev–Trinajstić information content (AvgIpc) is 3.11. The summed E-state index contributed by atoms with van der Waals surface area (Å²) in [5.41, 5.74) is 4.98. The van der Waals surface area contributed by atoms with E-state index >= 15 is 0 Å². The zero-order valence-electron chi connectivity index (χ0n) is 15.3. The SMILES string of the molecule is NCc1cc(NC(=O)CC2(N3CCOCC3)CCCC2)cc(C(F)(F)F)c1. The monoisotopic (exact) mass is 385 g/mol. The molecule has 1 aliphatic carbocycles. The molecule has 2 fully saturated rings. The third-order valence-electron chi connectivity index (χ3n) is 5.55. The highest BCUT2D eigenvalue weighted by Crippen LogP contribution is 2.39. The van der Waals surface area contributed by atoms with Crippen molar-refractivity contribution in [2.45, 2.75) is 50.4 Å². The van der Waals surface area contributed by atoms with Crippen LogP contribution >= 0.6 is 0 Å². The van der Waals surface area contributed by atoms with Gasteiger partial charge in [-0.3, -0.25) is 9.69 Å². The van der Waals surface area contributed by atoms with Gasteiger partial charge in [0, 0.05) is 37.3 Å². The van der Waals surface area contributed by atoms with Crippen LogP contribution in [0.15, 0.2) is 18.2 Å². The maximum Gasteiger partial charge on any atom is 0.416 e. The number of carbonyl (C=O) groups excluding carboxylic acids is 1. The van der Waals surface area contributed by atoms with E-state index in [0.717, 1.165) is 50.9 Å². The van der Waals surface area contributed by atoms with Gasteiger partial charge in [0.2, 0.25) is 5.91 Å². The Morgan fingerprint density at radius 2 is 1.85 bits per heavy atom. The normalized spacial score (nSPS) is 20.6. The fourth-order valence-electron chi connectivity index (χ4n) is 4.23. The Kier molecular flexibility index (Phi) is 6.08. The van der Waals surface area contributed by atoms with Gasteiger partial charge in [-0.2, -0.15) is 13.2 Å². The summed E-state index contributed by atoms with van der Waals surface area (Å²) in [4.78, 5) is 15.0. The lowest BCUT2D eigenvalue weighted by Gasteiger charge is -2.43. The molecule has 1 aliphatic heterocycles. The molecule has 1 saturated carbocycles. The van der Waals surface area contributed by atoms with E-state index in [2.05, 4.69) is 10.2 Å². The van der Waals surface area contributed by atoms with Gasteiger partial charge in [0.05, 0.1) is 18.8 Å². The van der Waals surface area contributed by atoms with Crippen LogP contribution in [0.5, 0.6) is 0 Å². The van der Waals surface area contributed by atoms with Gasteiger partial charge in [0.25, 0.3) is 0 Å². The number of nitrogens with two attached hydrogens (primary N) is 1. The molecule has 2 aliphatic rings. The number of nitrogens with zero attached hydrogens (tertiary/aromatic N) is 1. The van der Waals surface area contributed by atoms with Crippen molar-refractivity contribution in [3.05, 3.63) is 29.3 Å². The maximum absolute atomic E-state index is 13.1. The van der Waals surface area contributed by atoms with Crippen LogP contribution in [0.1, 0.15) is 43.2 Å². The fraction of sp³-hybridized carbons (Fsp3) is 0.632. The Morgan fingerprint density at radius 3 is 2.44 bits per heavy atom. The summed E-state index contributed by atoms with van der Waals surface area (Å²) < 4.78 is 44.7. The van der Waals surface area contributed by atoms with Gasteiger partial charge in [-0.05, 0) is 36.6 Å². The third kappa shape index (κ3) is 4.80. The van der Waals surface area contributed by atoms with Gasteiger partial charge >= 0.3 is 6.18 Å². The largest absolute Gasteiger partial charge is 0.416 e. The first-order valence-corrected chi connectivity index (χ1v) is 9.36. The number of alkyl halides is 3. The summed E-state index contributed by atoms with van der Waals surface area (Å²) in [7, 11) is 0. The smallest absolute Gasteiger partial charge is 0.379 e. The Hall–Kier alpha value is -1.64. The van der Waals surface area contributed by atoms with Crippen LogP contribution in [-0.2, 0) is 22.3 Å². The van der Waals surface area contributed by atoms with Crippen molar-refractivity contribution in [2.24, 2.45) is 5.73 Å². The molecule has 1 aromatic carbocycles. The van der Waals surface area contributed by atoms with E-state index in [4.69, 9.17) is 10.5 Å². The van der Waals surface area contributed by atoms with Crippen LogP contribution in [0.2, 0.25) is 0 Å². The van der Waals surface area contributed by atoms with Crippen molar-refractivity contribution < 1.29 is 22.7 Å². The fourth-order valence-corrected chi connectivity index (χ4v) is 4.23. The molecule has 1 amide bonds. The Bertz CT molecular complexity index is 667. The van der Waals surface area contributed by atoms with Crippen LogP contribution in [0.4, 0.5) is 18.9 Å². The average molecular weight is 385 g/mol. The molecule has 3 N–H and O–H groups in total. The molecule has 0 unspecified atom stereocenters. The summed E-state index contributed by atoms with van der Waals surface area (Å²) >= 11 is 0. The van der Waals surface area contributed by atoms with Crippen molar-refractivity contribution in [3.8, 4) is 0 Å². The van der Waals surface area contributed by atoms with Crippen molar-refractivity contribution in [1.29, 1.82) is 0 Å². The van der Waals surface area contributed by atoms with Gasteiger partial charge in [-0.1, -0.05) is 12.8 Å². The zero-order chi connectivity index (χ0) is 19.5. The van der Waals surface area contributed by atoms with Crippen molar-refractivity contribution in [1.82, 2.24) is 4.90 Å². The van der Waals surface area contributed by atoms with Gasteiger partial charge in [-0.25, -0.2) is 0 Å². The molecular formula is C19H26F3N3O2. The number of morpholine rings is 1. The van der Waals surface area contributed by atoms with E-state index in [1.807, 2.05) is 0 Å². The minimum absolute atomic E-state index is 0.0233. The number of hydrogen-bond acceptors (Lipinski definition) is 4. The van der Waals surface area contributed by atoms with Crippen LogP contribution in [0.25, 0.3) is 0 Å². The number of rotatable bonds is 5. The molecule has 8 heteroatoms. The second-order valence-corrected chi connectivity index (χ2v) is 7.38. The van der Waals surface area contributed by atoms with E-state index < -0.39 is 11.7 Å². The first-order valence-electron chi connectivity index (χ1n) is 9.36. The van der Waals surface area contributed by atoms with Gasteiger partial charge in [0.1, 0.15) is 0 Å². The molecule has 0 spiro atoms. The minimum Gasteiger partial charge on any atom is -0.379 e. The van der Waals surface area contributed by atoms with E-state index in [9.17, 15) is 18.0 Å². The first-order chi connectivity index (χ1) is 12.8. The molecule has 0 atom stereocenters. The van der Waals surface area contributed by atoms with E-state index in [-0.39, 0.29) is 30.1 Å². The second-order valence-electron chi connectivity index (χ2n) is 7.38. The van der Waals surface area contributed by atoms with Crippen LogP contribution in [-0.4, -0.2) is 42.6 Å². The summed E-state index contributed by atoms with van der Waals surface area (Å²) in [5, 5.41) is 2.67. The van der Waals surface area contributed by atoms with Crippen LogP contribution < -0.4 is 11.1 Å². The molecule has 5 nitrogen and oxygen atoms in total. The lowest BCUT2D eigenvalue weighted by atomic mass is 9.90. The predicted molar refractivity (Wildman–Crippen MR) is 96.2 cm³/mol. The number of nitrogens with one attached hydrogen (secondary N) is 1. The van der Waals surface area contributed by atoms with Crippen LogP contribution in [0.3, 0.4) is 0 Å². The number of carbonyl (C=O) groups is 1. The Morgan fingerprint density at radius 1 is 1.19 bits per heavy atom. The van der Waals surface area contributed by atoms with Crippen molar-refractivity contribution >= 4 is 11.6 Å². The third-order valence-corrected chi connectivity index (χ3v) is 5.55. The molecule has 0 radical (unpaired) electrons. The quantitative estimate of drug-likeness (QED) is 0.817. The zero-order valence-corrected chi connectivity index (χ0v) is 15.3. The van der Waals surface area contributed by atoms with Gasteiger partial charge in [-0.15, -0.1) is 0 Å². The van der Waals surface area contributed by atoms with Crippen LogP contribution in [0, 0.1) is 0 Å². The molecule has 27 heavy (non-hydrogen) atoms. The summed E-state index contributed by atoms with van der Waals surface area (Å²) in [5.74, 6) is -0.259. The molecule has 150 valence electrons. The topological polar surface area (TPSA) is 67.6 Å². The molecule has 1 heterocycles. The number of halogens is 3. The summed E-state index contributed by atoms with van der Waals surface area (Å²) in [6.07, 6.45) is -0.225. The molecule has 1 aromatic rings. The minimum atomic E-state index is -4.48. The number of benzene rings is 1. The van der Waals surface area contributed by atoms with E-state index in [1.54, 1.807) is 0 Å². The number of anilines is 1. The molecule has 1 saturated heterocycles. The van der Waals surface area contributed by atoms with E-state index in [0.29, 0.717) is 18.8 Å². The first kappa shape index (κ1) is 20.1. The molecule has 0 bridgehead atoms. The highest BCUT2D eigenvalue weighted by Gasteiger charge is 2.41. The Labute approximate surface area is 157 Å². The number of amides is 1. The Balaban J connectivity index is 1.74.